The molecule has 0 aliphatic carbocycles. The molecule has 0 aliphatic heterocycles. The normalized spacial score (nSPS) is 9.73. The molecule has 2 nitrogen and oxygen atoms in total. The molecule has 1 rings (SSSR count). The van der Waals surface area contributed by atoms with Crippen molar-refractivity contribution >= 4 is 22.6 Å². The number of nitrogens with zero attached hydrogens (tertiary/aromatic N) is 1. The molecule has 0 amide bonds. The summed E-state index contributed by atoms with van der Waals surface area (Å²) in [4.78, 5) is 3.42. The van der Waals surface area contributed by atoms with Crippen LogP contribution >= 0.6 is 22.6 Å². The number of aromatic nitrogens is 1. The largest absolute Gasteiger partial charge is 0.458 e. The van der Waals surface area contributed by atoms with E-state index in [1.807, 2.05) is 22.6 Å². The lowest BCUT2D eigenvalue weighted by molar-refractivity contribution is 0.182. The van der Waals surface area contributed by atoms with Crippen LogP contribution in [-0.4, -0.2) is 11.8 Å². The molecule has 1 heterocycles. The number of ether oxygens (including phenoxy) is 1. The Balaban J connectivity index is 2.90. The van der Waals surface area contributed by atoms with E-state index in [0.717, 1.165) is 0 Å². The summed E-state index contributed by atoms with van der Waals surface area (Å²) in [6.07, 6.45) is 0. The molecule has 0 saturated heterocycles. The number of alkyl halides is 1. The van der Waals surface area contributed by atoms with Gasteiger partial charge >= 0.3 is 0 Å². The molecule has 60 valence electrons. The molecule has 1 aromatic heterocycles. The quantitative estimate of drug-likeness (QED) is 0.607. The van der Waals surface area contributed by atoms with Gasteiger partial charge in [-0.1, -0.05) is 0 Å². The summed E-state index contributed by atoms with van der Waals surface area (Å²) in [6.45, 7) is -1.04. The lowest BCUT2D eigenvalue weighted by Crippen LogP contribution is -1.96. The van der Waals surface area contributed by atoms with E-state index < -0.39 is 12.8 Å². The molecule has 1 aromatic rings. The highest BCUT2D eigenvalue weighted by atomic mass is 127. The third-order valence-corrected chi connectivity index (χ3v) is 1.59. The monoisotopic (exact) mass is 271 g/mol. The molecule has 0 radical (unpaired) electrons. The second-order valence-electron chi connectivity index (χ2n) is 1.68. The fraction of sp³-hybridized carbons (Fsp3) is 0.167. The van der Waals surface area contributed by atoms with Crippen molar-refractivity contribution in [2.24, 2.45) is 0 Å². The Kier molecular flexibility index (Phi) is 2.98. The fourth-order valence-electron chi connectivity index (χ4n) is 0.566. The van der Waals surface area contributed by atoms with E-state index in [-0.39, 0.29) is 5.75 Å². The molecule has 0 spiro atoms. The van der Waals surface area contributed by atoms with Gasteiger partial charge in [0.15, 0.2) is 5.75 Å². The summed E-state index contributed by atoms with van der Waals surface area (Å²) < 4.78 is 29.0. The van der Waals surface area contributed by atoms with Crippen LogP contribution in [0.25, 0.3) is 0 Å². The van der Waals surface area contributed by atoms with Crippen molar-refractivity contribution < 1.29 is 13.5 Å². The predicted octanol–water partition coefficient (Wildman–Crippen LogP) is 2.13. The molecule has 0 atom stereocenters. The Morgan fingerprint density at radius 3 is 2.82 bits per heavy atom. The van der Waals surface area contributed by atoms with E-state index in [4.69, 9.17) is 0 Å². The molecule has 0 bridgehead atoms. The van der Waals surface area contributed by atoms with Crippen molar-refractivity contribution in [3.8, 4) is 5.75 Å². The lowest BCUT2D eigenvalue weighted by Gasteiger charge is -2.00. The number of pyridine rings is 1. The smallest absolute Gasteiger partial charge is 0.256 e. The maximum atomic E-state index is 12.6. The van der Waals surface area contributed by atoms with Gasteiger partial charge in [-0.05, 0) is 34.7 Å². The topological polar surface area (TPSA) is 22.1 Å². The fourth-order valence-corrected chi connectivity index (χ4v) is 0.957. The second-order valence-corrected chi connectivity index (χ2v) is 2.78. The van der Waals surface area contributed by atoms with Crippen LogP contribution in [0.4, 0.5) is 8.78 Å². The minimum Gasteiger partial charge on any atom is -0.458 e. The van der Waals surface area contributed by atoms with Crippen molar-refractivity contribution in [1.82, 2.24) is 4.98 Å². The first-order valence-corrected chi connectivity index (χ1v) is 3.82. The van der Waals surface area contributed by atoms with Gasteiger partial charge in [-0.15, -0.1) is 0 Å². The molecule has 0 aliphatic rings. The highest BCUT2D eigenvalue weighted by Gasteiger charge is 2.03. The van der Waals surface area contributed by atoms with Crippen LogP contribution in [-0.2, 0) is 0 Å². The van der Waals surface area contributed by atoms with E-state index >= 15 is 0 Å². The van der Waals surface area contributed by atoms with Gasteiger partial charge in [0, 0.05) is 0 Å². The Morgan fingerprint density at radius 1 is 1.55 bits per heavy atom. The standard InChI is InChI=1S/C6H4F2INO/c7-3-11-4-1-2-5(9)10-6(4)8/h1-2H,3H2. The number of hydrogen-bond donors (Lipinski definition) is 0. The molecule has 0 unspecified atom stereocenters. The lowest BCUT2D eigenvalue weighted by atomic mass is 10.4. The van der Waals surface area contributed by atoms with Crippen molar-refractivity contribution in [2.45, 2.75) is 0 Å². The van der Waals surface area contributed by atoms with E-state index in [1.54, 1.807) is 0 Å². The van der Waals surface area contributed by atoms with Gasteiger partial charge in [0.1, 0.15) is 3.70 Å². The minimum absolute atomic E-state index is 0.159. The molecule has 0 fully saturated rings. The van der Waals surface area contributed by atoms with E-state index in [9.17, 15) is 8.78 Å². The summed E-state index contributed by atoms with van der Waals surface area (Å²) in [5.74, 6) is -0.942. The zero-order valence-corrected chi connectivity index (χ0v) is 7.51. The summed E-state index contributed by atoms with van der Waals surface area (Å²) in [7, 11) is 0. The van der Waals surface area contributed by atoms with Crippen LogP contribution in [0.1, 0.15) is 0 Å². The van der Waals surface area contributed by atoms with Gasteiger partial charge in [-0.2, -0.15) is 4.39 Å². The van der Waals surface area contributed by atoms with Crippen LogP contribution in [0.5, 0.6) is 5.75 Å². The van der Waals surface area contributed by atoms with Crippen LogP contribution < -0.4 is 4.74 Å². The molecule has 0 aromatic carbocycles. The van der Waals surface area contributed by atoms with E-state index in [2.05, 4.69) is 9.72 Å². The van der Waals surface area contributed by atoms with Crippen molar-refractivity contribution in [2.75, 3.05) is 6.86 Å². The Hall–Kier alpha value is -0.460. The van der Waals surface area contributed by atoms with Gasteiger partial charge < -0.3 is 4.74 Å². The zero-order valence-electron chi connectivity index (χ0n) is 5.35. The molecular formula is C6H4F2INO. The summed E-state index contributed by atoms with van der Waals surface area (Å²) >= 11 is 1.85. The van der Waals surface area contributed by atoms with Crippen LogP contribution in [0.15, 0.2) is 12.1 Å². The van der Waals surface area contributed by atoms with Crippen LogP contribution in [0.2, 0.25) is 0 Å². The Bertz CT molecular complexity index is 256. The minimum atomic E-state index is -1.04. The highest BCUT2D eigenvalue weighted by molar-refractivity contribution is 14.1. The Morgan fingerprint density at radius 2 is 2.27 bits per heavy atom. The molecule has 5 heteroatoms. The third-order valence-electron chi connectivity index (χ3n) is 0.991. The average Bonchev–Trinajstić information content (AvgIpc) is 1.95. The number of hydrogen-bond acceptors (Lipinski definition) is 2. The van der Waals surface area contributed by atoms with Crippen LogP contribution in [0, 0.1) is 9.65 Å². The highest BCUT2D eigenvalue weighted by Crippen LogP contribution is 2.15. The predicted molar refractivity (Wildman–Crippen MR) is 43.5 cm³/mol. The number of rotatable bonds is 2. The molecule has 11 heavy (non-hydrogen) atoms. The zero-order chi connectivity index (χ0) is 8.27. The Labute approximate surface area is 75.7 Å². The number of halogens is 3. The van der Waals surface area contributed by atoms with E-state index in [0.29, 0.717) is 3.70 Å². The van der Waals surface area contributed by atoms with Gasteiger partial charge in [-0.3, -0.25) is 0 Å². The maximum absolute atomic E-state index is 12.6. The first-order valence-electron chi connectivity index (χ1n) is 2.75. The van der Waals surface area contributed by atoms with Gasteiger partial charge in [0.2, 0.25) is 6.86 Å². The molecular weight excluding hydrogens is 267 g/mol. The average molecular weight is 271 g/mol. The molecule has 0 saturated carbocycles. The maximum Gasteiger partial charge on any atom is 0.256 e. The summed E-state index contributed by atoms with van der Waals surface area (Å²) in [6, 6.07) is 2.87. The van der Waals surface area contributed by atoms with Crippen molar-refractivity contribution in [3.05, 3.63) is 21.8 Å². The van der Waals surface area contributed by atoms with Gasteiger partial charge in [-0.25, -0.2) is 9.37 Å². The van der Waals surface area contributed by atoms with Gasteiger partial charge in [0.05, 0.1) is 0 Å². The van der Waals surface area contributed by atoms with Crippen LogP contribution in [0.3, 0.4) is 0 Å². The summed E-state index contributed by atoms with van der Waals surface area (Å²) in [5, 5.41) is 0. The first kappa shape index (κ1) is 8.63. The summed E-state index contributed by atoms with van der Waals surface area (Å²) in [5.41, 5.74) is 0. The second kappa shape index (κ2) is 3.80. The SMILES string of the molecule is FCOc1ccc(I)nc1F. The van der Waals surface area contributed by atoms with Crippen molar-refractivity contribution in [3.63, 3.8) is 0 Å². The third kappa shape index (κ3) is 2.25. The van der Waals surface area contributed by atoms with Gasteiger partial charge in [0.25, 0.3) is 5.95 Å². The van der Waals surface area contributed by atoms with Crippen molar-refractivity contribution in [1.29, 1.82) is 0 Å². The first-order chi connectivity index (χ1) is 5.24. The van der Waals surface area contributed by atoms with E-state index in [1.165, 1.54) is 12.1 Å². The molecule has 0 N–H and O–H groups in total.